The van der Waals surface area contributed by atoms with Crippen molar-refractivity contribution in [2.45, 2.75) is 205 Å². The molecule has 0 radical (unpaired) electrons. The van der Waals surface area contributed by atoms with Crippen LogP contribution in [0.1, 0.15) is 232 Å². The van der Waals surface area contributed by atoms with Crippen LogP contribution in [0.4, 0.5) is 11.4 Å². The van der Waals surface area contributed by atoms with Gasteiger partial charge in [-0.05, 0) is 89.2 Å². The maximum atomic E-state index is 6.14. The largest absolute Gasteiger partial charge is 0.399 e. The van der Waals surface area contributed by atoms with Crippen molar-refractivity contribution in [3.05, 3.63) is 130 Å². The molecule has 2 heteroatoms. The Morgan fingerprint density at radius 2 is 0.586 bits per heavy atom. The predicted octanol–water partition coefficient (Wildman–Crippen LogP) is 17.3. The third-order valence-corrected chi connectivity index (χ3v) is 13.0. The molecular weight excluding hydrogens is 701 g/mol. The van der Waals surface area contributed by atoms with Gasteiger partial charge in [0.25, 0.3) is 0 Å². The van der Waals surface area contributed by atoms with Crippen molar-refractivity contribution < 1.29 is 0 Å². The van der Waals surface area contributed by atoms with E-state index < -0.39 is 0 Å². The van der Waals surface area contributed by atoms with Gasteiger partial charge in [0.15, 0.2) is 0 Å². The molecule has 318 valence electrons. The Bertz CT molecular complexity index is 1570. The molecule has 0 bridgehead atoms. The van der Waals surface area contributed by atoms with Crippen LogP contribution >= 0.6 is 0 Å². The Hall–Kier alpha value is -3.52. The van der Waals surface area contributed by atoms with E-state index in [9.17, 15) is 0 Å². The third-order valence-electron chi connectivity index (χ3n) is 13.0. The van der Waals surface area contributed by atoms with E-state index >= 15 is 0 Å². The number of hydrogen-bond donors (Lipinski definition) is 2. The molecule has 0 aliphatic heterocycles. The SMILES string of the molecule is CCCCCCCCCCC(c1ccc(N)cc1)c1ccc(CC(CCCCCCCC)c2ccc(C(CCCCCCCCCC)c3ccc(N)cc3)cc2)cc1. The summed E-state index contributed by atoms with van der Waals surface area (Å²) in [6.07, 6.45) is 34.5. The Morgan fingerprint density at radius 3 is 0.948 bits per heavy atom. The van der Waals surface area contributed by atoms with Crippen LogP contribution in [0.5, 0.6) is 0 Å². The summed E-state index contributed by atoms with van der Waals surface area (Å²) in [6, 6.07) is 37.0. The second kappa shape index (κ2) is 28.8. The molecule has 0 saturated heterocycles. The Balaban J connectivity index is 1.46. The highest BCUT2D eigenvalue weighted by molar-refractivity contribution is 5.44. The summed E-state index contributed by atoms with van der Waals surface area (Å²) in [5.74, 6) is 1.36. The minimum Gasteiger partial charge on any atom is -0.399 e. The fourth-order valence-electron chi connectivity index (χ4n) is 9.20. The number of benzene rings is 4. The van der Waals surface area contributed by atoms with E-state index in [-0.39, 0.29) is 0 Å². The molecule has 0 amide bonds. The number of unbranched alkanes of at least 4 members (excludes halogenated alkanes) is 19. The van der Waals surface area contributed by atoms with E-state index in [1.165, 1.54) is 194 Å². The molecule has 4 N–H and O–H groups in total. The van der Waals surface area contributed by atoms with Crippen LogP contribution in [0.15, 0.2) is 97.1 Å². The molecule has 4 rings (SSSR count). The fourth-order valence-corrected chi connectivity index (χ4v) is 9.20. The molecule has 0 heterocycles. The first-order valence-corrected chi connectivity index (χ1v) is 24.4. The number of rotatable bonds is 32. The molecule has 0 fully saturated rings. The van der Waals surface area contributed by atoms with Gasteiger partial charge < -0.3 is 11.5 Å². The molecule has 0 aliphatic carbocycles. The summed E-state index contributed by atoms with van der Waals surface area (Å²) < 4.78 is 0. The summed E-state index contributed by atoms with van der Waals surface area (Å²) in [4.78, 5) is 0. The normalized spacial score (nSPS) is 13.1. The summed E-state index contributed by atoms with van der Waals surface area (Å²) in [5.41, 5.74) is 22.6. The minimum absolute atomic E-state index is 0.416. The fraction of sp³-hybridized carbons (Fsp3) is 0.571. The van der Waals surface area contributed by atoms with Gasteiger partial charge in [-0.15, -0.1) is 0 Å². The highest BCUT2D eigenvalue weighted by Gasteiger charge is 2.19. The van der Waals surface area contributed by atoms with Gasteiger partial charge in [0.05, 0.1) is 0 Å². The van der Waals surface area contributed by atoms with Crippen LogP contribution in [0.2, 0.25) is 0 Å². The molecule has 58 heavy (non-hydrogen) atoms. The van der Waals surface area contributed by atoms with Gasteiger partial charge in [0, 0.05) is 23.2 Å². The smallest absolute Gasteiger partial charge is 0.0314 e. The van der Waals surface area contributed by atoms with Gasteiger partial charge in [0.2, 0.25) is 0 Å². The second-order valence-electron chi connectivity index (χ2n) is 17.8. The quantitative estimate of drug-likeness (QED) is 0.0383. The lowest BCUT2D eigenvalue weighted by Crippen LogP contribution is -2.07. The summed E-state index contributed by atoms with van der Waals surface area (Å²) in [5, 5.41) is 0. The predicted molar refractivity (Wildman–Crippen MR) is 257 cm³/mol. The number of nitrogens with two attached hydrogens (primary N) is 2. The van der Waals surface area contributed by atoms with Crippen LogP contribution < -0.4 is 11.5 Å². The zero-order valence-corrected chi connectivity index (χ0v) is 37.5. The first-order valence-electron chi connectivity index (χ1n) is 24.4. The molecule has 3 atom stereocenters. The molecular formula is C56H84N2. The Morgan fingerprint density at radius 1 is 0.310 bits per heavy atom. The summed E-state index contributed by atoms with van der Waals surface area (Å²) >= 11 is 0. The second-order valence-corrected chi connectivity index (χ2v) is 17.8. The van der Waals surface area contributed by atoms with Crippen molar-refractivity contribution in [1.29, 1.82) is 0 Å². The molecule has 4 aromatic rings. The third kappa shape index (κ3) is 17.8. The van der Waals surface area contributed by atoms with Crippen molar-refractivity contribution >= 4 is 11.4 Å². The molecule has 0 saturated carbocycles. The molecule has 0 aliphatic rings. The number of nitrogen functional groups attached to an aromatic ring is 2. The van der Waals surface area contributed by atoms with Gasteiger partial charge in [-0.25, -0.2) is 0 Å². The van der Waals surface area contributed by atoms with Crippen molar-refractivity contribution in [2.24, 2.45) is 0 Å². The number of hydrogen-bond acceptors (Lipinski definition) is 2. The molecule has 2 nitrogen and oxygen atoms in total. The molecule has 0 spiro atoms. The monoisotopic (exact) mass is 785 g/mol. The van der Waals surface area contributed by atoms with Gasteiger partial charge in [-0.2, -0.15) is 0 Å². The van der Waals surface area contributed by atoms with Gasteiger partial charge >= 0.3 is 0 Å². The van der Waals surface area contributed by atoms with Gasteiger partial charge in [-0.1, -0.05) is 235 Å². The zero-order chi connectivity index (χ0) is 41.0. The van der Waals surface area contributed by atoms with Gasteiger partial charge in [0.1, 0.15) is 0 Å². The molecule has 4 aromatic carbocycles. The van der Waals surface area contributed by atoms with Crippen molar-refractivity contribution in [3.63, 3.8) is 0 Å². The van der Waals surface area contributed by atoms with E-state index in [1.54, 1.807) is 0 Å². The van der Waals surface area contributed by atoms with E-state index in [0.29, 0.717) is 17.8 Å². The average molecular weight is 785 g/mol. The van der Waals surface area contributed by atoms with Crippen LogP contribution in [0.25, 0.3) is 0 Å². The van der Waals surface area contributed by atoms with E-state index in [0.717, 1.165) is 17.8 Å². The maximum Gasteiger partial charge on any atom is 0.0314 e. The Labute approximate surface area is 357 Å². The molecule has 0 aromatic heterocycles. The van der Waals surface area contributed by atoms with Crippen molar-refractivity contribution in [1.82, 2.24) is 0 Å². The number of anilines is 2. The highest BCUT2D eigenvalue weighted by atomic mass is 14.5. The first-order chi connectivity index (χ1) is 28.5. The zero-order valence-electron chi connectivity index (χ0n) is 37.5. The lowest BCUT2D eigenvalue weighted by atomic mass is 9.82. The average Bonchev–Trinajstić information content (AvgIpc) is 3.25. The maximum absolute atomic E-state index is 6.14. The van der Waals surface area contributed by atoms with E-state index in [1.807, 2.05) is 0 Å². The van der Waals surface area contributed by atoms with E-state index in [2.05, 4.69) is 118 Å². The molecule has 3 unspecified atom stereocenters. The van der Waals surface area contributed by atoms with Crippen LogP contribution in [-0.4, -0.2) is 0 Å². The summed E-state index contributed by atoms with van der Waals surface area (Å²) in [6.45, 7) is 6.91. The van der Waals surface area contributed by atoms with Crippen LogP contribution in [0.3, 0.4) is 0 Å². The Kier molecular flexibility index (Phi) is 23.4. The van der Waals surface area contributed by atoms with E-state index in [4.69, 9.17) is 11.5 Å². The topological polar surface area (TPSA) is 52.0 Å². The van der Waals surface area contributed by atoms with Crippen molar-refractivity contribution in [2.75, 3.05) is 11.5 Å². The van der Waals surface area contributed by atoms with Crippen LogP contribution in [-0.2, 0) is 6.42 Å². The minimum atomic E-state index is 0.416. The van der Waals surface area contributed by atoms with Crippen LogP contribution in [0, 0.1) is 0 Å². The summed E-state index contributed by atoms with van der Waals surface area (Å²) in [7, 11) is 0. The lowest BCUT2D eigenvalue weighted by Gasteiger charge is -2.22. The van der Waals surface area contributed by atoms with Gasteiger partial charge in [-0.3, -0.25) is 0 Å². The standard InChI is InChI=1S/C56H84N2/c1-4-7-10-13-16-18-21-24-27-55(50-37-41-53(57)42-38-50)48-31-29-46(30-32-48)45-52(26-23-20-15-12-9-6-3)47-33-35-49(36-34-47)56(51-39-43-54(58)44-40-51)28-25-22-19-17-14-11-8-5-2/h29-44,52,55-56H,4-28,45,57-58H2,1-3H3. The lowest BCUT2D eigenvalue weighted by molar-refractivity contribution is 0.535. The first kappa shape index (κ1) is 47.2. The van der Waals surface area contributed by atoms with Crippen molar-refractivity contribution in [3.8, 4) is 0 Å². The highest BCUT2D eigenvalue weighted by Crippen LogP contribution is 2.35.